The summed E-state index contributed by atoms with van der Waals surface area (Å²) in [5, 5.41) is 1.29. The Labute approximate surface area is 120 Å². The lowest BCUT2D eigenvalue weighted by Crippen LogP contribution is -2.23. The van der Waals surface area contributed by atoms with Crippen molar-refractivity contribution in [3.05, 3.63) is 34.1 Å². The first-order valence-electron chi connectivity index (χ1n) is 6.68. The largest absolute Gasteiger partial charge is 0.127 e. The van der Waals surface area contributed by atoms with Crippen molar-refractivity contribution < 1.29 is 0 Å². The fourth-order valence-electron chi connectivity index (χ4n) is 2.72. The zero-order valence-electron chi connectivity index (χ0n) is 12.3. The van der Waals surface area contributed by atoms with E-state index in [1.807, 2.05) is 23.5 Å². The van der Waals surface area contributed by atoms with E-state index in [1.165, 1.54) is 9.81 Å². The number of hydrogen-bond donors (Lipinski definition) is 0. The van der Waals surface area contributed by atoms with Crippen molar-refractivity contribution in [2.75, 3.05) is 0 Å². The molecule has 0 N–H and O–H groups in total. The van der Waals surface area contributed by atoms with Crippen molar-refractivity contribution in [3.8, 4) is 0 Å². The third kappa shape index (κ3) is 2.60. The van der Waals surface area contributed by atoms with E-state index in [-0.39, 0.29) is 10.8 Å². The van der Waals surface area contributed by atoms with Gasteiger partial charge in [0.2, 0.25) is 0 Å². The molecule has 0 saturated heterocycles. The molecule has 0 fully saturated rings. The van der Waals surface area contributed by atoms with Gasteiger partial charge in [-0.25, -0.2) is 0 Å². The van der Waals surface area contributed by atoms with Crippen molar-refractivity contribution in [1.82, 2.24) is 0 Å². The Bertz CT molecular complexity index is 392. The van der Waals surface area contributed by atoms with Crippen LogP contribution in [-0.2, 0) is 0 Å². The highest BCUT2D eigenvalue weighted by atomic mass is 32.2. The predicted molar refractivity (Wildman–Crippen MR) is 87.0 cm³/mol. The second-order valence-electron chi connectivity index (χ2n) is 6.10. The van der Waals surface area contributed by atoms with Crippen LogP contribution in [0.2, 0.25) is 0 Å². The lowest BCUT2D eigenvalue weighted by molar-refractivity contribution is 0.516. The molecule has 0 spiro atoms. The Balaban J connectivity index is 2.22. The van der Waals surface area contributed by atoms with Gasteiger partial charge in [-0.1, -0.05) is 52.0 Å². The molecule has 0 amide bonds. The van der Waals surface area contributed by atoms with Crippen LogP contribution in [0.4, 0.5) is 0 Å². The molecule has 0 aromatic heterocycles. The van der Waals surface area contributed by atoms with E-state index in [2.05, 4.69) is 65.8 Å². The molecule has 2 heteroatoms. The molecule has 4 unspecified atom stereocenters. The minimum atomic E-state index is 0.215. The average molecular weight is 281 g/mol. The maximum Gasteiger partial charge on any atom is 0.0186 e. The standard InChI is InChI=1S/C16H24S2/c1-11-9-15(5,13(3)17-11)7-8-16(6)10-12(2)18-14(16)4/h7-10,13-14H,1-6H3. The smallest absolute Gasteiger partial charge is 0.0186 e. The molecule has 2 aliphatic rings. The third-order valence-corrected chi connectivity index (χ3v) is 7.01. The van der Waals surface area contributed by atoms with Gasteiger partial charge in [0.15, 0.2) is 0 Å². The summed E-state index contributed by atoms with van der Waals surface area (Å²) in [6.45, 7) is 13.8. The van der Waals surface area contributed by atoms with Crippen molar-refractivity contribution in [2.45, 2.75) is 52.0 Å². The Hall–Kier alpha value is -0.0800. The van der Waals surface area contributed by atoms with E-state index in [9.17, 15) is 0 Å². The Morgan fingerprint density at radius 1 is 0.889 bits per heavy atom. The molecule has 18 heavy (non-hydrogen) atoms. The summed E-state index contributed by atoms with van der Waals surface area (Å²) in [4.78, 5) is 2.92. The molecule has 0 saturated carbocycles. The molecule has 0 bridgehead atoms. The number of allylic oxidation sites excluding steroid dienone is 6. The van der Waals surface area contributed by atoms with Gasteiger partial charge in [0.25, 0.3) is 0 Å². The van der Waals surface area contributed by atoms with Gasteiger partial charge in [-0.2, -0.15) is 0 Å². The minimum Gasteiger partial charge on any atom is -0.127 e. The number of thioether (sulfide) groups is 2. The predicted octanol–water partition coefficient (Wildman–Crippen LogP) is 5.63. The van der Waals surface area contributed by atoms with Crippen LogP contribution in [0.25, 0.3) is 0 Å². The van der Waals surface area contributed by atoms with Gasteiger partial charge in [-0.3, -0.25) is 0 Å². The van der Waals surface area contributed by atoms with Gasteiger partial charge in [-0.15, -0.1) is 23.5 Å². The normalized spacial score (nSPS) is 44.6. The molecule has 0 nitrogen and oxygen atoms in total. The molecule has 2 rings (SSSR count). The maximum absolute atomic E-state index is 2.44. The summed E-state index contributed by atoms with van der Waals surface area (Å²) in [6, 6.07) is 0. The van der Waals surface area contributed by atoms with Crippen molar-refractivity contribution in [1.29, 1.82) is 0 Å². The lowest BCUT2D eigenvalue weighted by Gasteiger charge is -2.28. The first kappa shape index (κ1) is 14.3. The van der Waals surface area contributed by atoms with Crippen LogP contribution in [0.5, 0.6) is 0 Å². The van der Waals surface area contributed by atoms with Crippen LogP contribution >= 0.6 is 23.5 Å². The monoisotopic (exact) mass is 280 g/mol. The van der Waals surface area contributed by atoms with Crippen LogP contribution in [0.3, 0.4) is 0 Å². The molecule has 0 aliphatic carbocycles. The zero-order valence-corrected chi connectivity index (χ0v) is 13.9. The van der Waals surface area contributed by atoms with E-state index in [1.54, 1.807) is 0 Å². The maximum atomic E-state index is 2.44. The summed E-state index contributed by atoms with van der Waals surface area (Å²) in [6.07, 6.45) is 9.72. The topological polar surface area (TPSA) is 0 Å². The van der Waals surface area contributed by atoms with Gasteiger partial charge in [0.1, 0.15) is 0 Å². The molecule has 0 aromatic carbocycles. The fourth-order valence-corrected chi connectivity index (χ4v) is 5.28. The van der Waals surface area contributed by atoms with Crippen LogP contribution in [-0.4, -0.2) is 10.5 Å². The second-order valence-corrected chi connectivity index (χ2v) is 9.27. The summed E-state index contributed by atoms with van der Waals surface area (Å²) < 4.78 is 0. The Morgan fingerprint density at radius 2 is 1.22 bits per heavy atom. The van der Waals surface area contributed by atoms with Crippen LogP contribution in [0.1, 0.15) is 41.5 Å². The zero-order chi connectivity index (χ0) is 13.6. The highest BCUT2D eigenvalue weighted by Crippen LogP contribution is 2.49. The number of hydrogen-bond acceptors (Lipinski definition) is 2. The summed E-state index contributed by atoms with van der Waals surface area (Å²) >= 11 is 4.00. The van der Waals surface area contributed by atoms with Gasteiger partial charge < -0.3 is 0 Å². The van der Waals surface area contributed by atoms with Crippen LogP contribution < -0.4 is 0 Å². The summed E-state index contributed by atoms with van der Waals surface area (Å²) in [5.74, 6) is 0. The van der Waals surface area contributed by atoms with E-state index in [0.29, 0.717) is 10.5 Å². The second kappa shape index (κ2) is 4.79. The van der Waals surface area contributed by atoms with Crippen molar-refractivity contribution >= 4 is 23.5 Å². The lowest BCUT2D eigenvalue weighted by atomic mass is 9.80. The van der Waals surface area contributed by atoms with Crippen molar-refractivity contribution in [2.24, 2.45) is 10.8 Å². The molecule has 0 radical (unpaired) electrons. The molecular weight excluding hydrogens is 256 g/mol. The Morgan fingerprint density at radius 3 is 1.44 bits per heavy atom. The van der Waals surface area contributed by atoms with Crippen LogP contribution in [0.15, 0.2) is 34.1 Å². The first-order valence-corrected chi connectivity index (χ1v) is 8.44. The molecule has 2 aliphatic heterocycles. The first-order chi connectivity index (χ1) is 8.25. The molecule has 4 atom stereocenters. The summed E-state index contributed by atoms with van der Waals surface area (Å²) in [5.41, 5.74) is 0.430. The van der Waals surface area contributed by atoms with Crippen molar-refractivity contribution in [3.63, 3.8) is 0 Å². The molecular formula is C16H24S2. The third-order valence-electron chi connectivity index (χ3n) is 4.31. The SMILES string of the molecule is CC1=CC(C)(C=CC2(C)C=C(C)SC2C)C(C)S1. The highest BCUT2D eigenvalue weighted by molar-refractivity contribution is 8.04. The van der Waals surface area contributed by atoms with Gasteiger partial charge in [0, 0.05) is 21.3 Å². The van der Waals surface area contributed by atoms with E-state index >= 15 is 0 Å². The van der Waals surface area contributed by atoms with Gasteiger partial charge in [-0.05, 0) is 23.7 Å². The molecule has 2 heterocycles. The molecule has 0 aromatic rings. The van der Waals surface area contributed by atoms with Gasteiger partial charge in [0.05, 0.1) is 0 Å². The van der Waals surface area contributed by atoms with Crippen LogP contribution in [0, 0.1) is 10.8 Å². The van der Waals surface area contributed by atoms with E-state index in [4.69, 9.17) is 0 Å². The molecule has 100 valence electrons. The van der Waals surface area contributed by atoms with E-state index < -0.39 is 0 Å². The average Bonchev–Trinajstić information content (AvgIpc) is 2.64. The Kier molecular flexibility index (Phi) is 3.81. The highest BCUT2D eigenvalue weighted by Gasteiger charge is 2.36. The number of rotatable bonds is 2. The fraction of sp³-hybridized carbons (Fsp3) is 0.625. The van der Waals surface area contributed by atoms with E-state index in [0.717, 1.165) is 0 Å². The minimum absolute atomic E-state index is 0.215. The quantitative estimate of drug-likeness (QED) is 0.601. The summed E-state index contributed by atoms with van der Waals surface area (Å²) in [7, 11) is 0. The van der Waals surface area contributed by atoms with Gasteiger partial charge >= 0.3 is 0 Å².